The minimum Gasteiger partial charge on any atom is -0.356 e. The van der Waals surface area contributed by atoms with Gasteiger partial charge in [-0.1, -0.05) is 41.4 Å². The summed E-state index contributed by atoms with van der Waals surface area (Å²) in [5.41, 5.74) is 1.61. The molecule has 0 aliphatic heterocycles. The molecule has 1 fully saturated rings. The Kier molecular flexibility index (Phi) is 6.29. The molecule has 26 heavy (non-hydrogen) atoms. The normalized spacial score (nSPS) is 16.2. The van der Waals surface area contributed by atoms with E-state index < -0.39 is 0 Å². The van der Waals surface area contributed by atoms with Crippen LogP contribution in [0.1, 0.15) is 37.6 Å². The van der Waals surface area contributed by atoms with E-state index in [9.17, 15) is 0 Å². The van der Waals surface area contributed by atoms with Gasteiger partial charge in [0.05, 0.1) is 0 Å². The van der Waals surface area contributed by atoms with Gasteiger partial charge < -0.3 is 15.2 Å². The van der Waals surface area contributed by atoms with E-state index in [1.807, 2.05) is 7.05 Å². The molecular formula is C19H27BrN6. The largest absolute Gasteiger partial charge is 0.356 e. The number of hydrogen-bond donors (Lipinski definition) is 2. The maximum Gasteiger partial charge on any atom is 0.191 e. The van der Waals surface area contributed by atoms with Gasteiger partial charge in [-0.05, 0) is 30.5 Å². The number of hydrogen-bond acceptors (Lipinski definition) is 3. The highest BCUT2D eigenvalue weighted by Crippen LogP contribution is 2.43. The van der Waals surface area contributed by atoms with Crippen LogP contribution in [-0.4, -0.2) is 40.9 Å². The van der Waals surface area contributed by atoms with Crippen molar-refractivity contribution in [1.82, 2.24) is 25.4 Å². The van der Waals surface area contributed by atoms with Gasteiger partial charge in [-0.2, -0.15) is 0 Å². The van der Waals surface area contributed by atoms with E-state index in [4.69, 9.17) is 0 Å². The molecule has 0 spiro atoms. The molecule has 0 bridgehead atoms. The number of rotatable bonds is 7. The van der Waals surface area contributed by atoms with Crippen LogP contribution < -0.4 is 10.6 Å². The third-order valence-corrected chi connectivity index (χ3v) is 5.72. The van der Waals surface area contributed by atoms with Crippen molar-refractivity contribution in [3.05, 3.63) is 46.5 Å². The van der Waals surface area contributed by atoms with Crippen molar-refractivity contribution in [2.45, 2.75) is 44.6 Å². The van der Waals surface area contributed by atoms with Crippen LogP contribution in [0.3, 0.4) is 0 Å². The predicted octanol–water partition coefficient (Wildman–Crippen LogP) is 2.89. The Balaban J connectivity index is 1.53. The molecule has 1 heterocycles. The number of guanidine groups is 1. The number of halogens is 1. The zero-order valence-electron chi connectivity index (χ0n) is 15.5. The highest BCUT2D eigenvalue weighted by Gasteiger charge is 2.38. The molecule has 1 aliphatic carbocycles. The van der Waals surface area contributed by atoms with Crippen molar-refractivity contribution >= 4 is 21.9 Å². The molecule has 140 valence electrons. The highest BCUT2D eigenvalue weighted by molar-refractivity contribution is 9.10. The molecule has 6 nitrogen and oxygen atoms in total. The lowest BCUT2D eigenvalue weighted by molar-refractivity contribution is 0.243. The Bertz CT molecular complexity index is 750. The Morgan fingerprint density at radius 1 is 1.35 bits per heavy atom. The molecule has 3 rings (SSSR count). The lowest BCUT2D eigenvalue weighted by Gasteiger charge is -2.43. The topological polar surface area (TPSA) is 67.1 Å². The molecule has 2 aromatic rings. The van der Waals surface area contributed by atoms with E-state index >= 15 is 0 Å². The maximum absolute atomic E-state index is 4.37. The Morgan fingerprint density at radius 3 is 2.85 bits per heavy atom. The van der Waals surface area contributed by atoms with Gasteiger partial charge in [-0.3, -0.25) is 4.99 Å². The van der Waals surface area contributed by atoms with E-state index in [0.29, 0.717) is 0 Å². The second kappa shape index (κ2) is 8.66. The van der Waals surface area contributed by atoms with Gasteiger partial charge in [0.15, 0.2) is 5.96 Å². The standard InChI is InChI=1S/C19H27BrN6/c1-3-17-25-24-14-26(17)11-10-22-18(21-2)23-13-19(8-5-9-19)15-6-4-7-16(20)12-15/h4,6-7,12,14H,3,5,8-11,13H2,1-2H3,(H2,21,22,23). The van der Waals surface area contributed by atoms with Gasteiger partial charge in [0.25, 0.3) is 0 Å². The summed E-state index contributed by atoms with van der Waals surface area (Å²) < 4.78 is 3.22. The van der Waals surface area contributed by atoms with E-state index in [1.54, 1.807) is 6.33 Å². The first-order valence-electron chi connectivity index (χ1n) is 9.24. The van der Waals surface area contributed by atoms with E-state index in [1.165, 1.54) is 24.8 Å². The van der Waals surface area contributed by atoms with Crippen LogP contribution in [0.15, 0.2) is 40.1 Å². The van der Waals surface area contributed by atoms with Crippen molar-refractivity contribution in [1.29, 1.82) is 0 Å². The monoisotopic (exact) mass is 418 g/mol. The fourth-order valence-corrected chi connectivity index (χ4v) is 3.90. The zero-order chi connectivity index (χ0) is 18.4. The van der Waals surface area contributed by atoms with E-state index in [2.05, 4.69) is 77.5 Å². The molecule has 7 heteroatoms. The van der Waals surface area contributed by atoms with Crippen LogP contribution in [-0.2, 0) is 18.4 Å². The van der Waals surface area contributed by atoms with Crippen molar-refractivity contribution in [2.24, 2.45) is 4.99 Å². The van der Waals surface area contributed by atoms with Crippen LogP contribution in [0.4, 0.5) is 0 Å². The summed E-state index contributed by atoms with van der Waals surface area (Å²) in [6, 6.07) is 8.69. The lowest BCUT2D eigenvalue weighted by atomic mass is 9.64. The van der Waals surface area contributed by atoms with E-state index in [0.717, 1.165) is 42.3 Å². The average Bonchev–Trinajstić information content (AvgIpc) is 3.06. The number of benzene rings is 1. The summed E-state index contributed by atoms with van der Waals surface area (Å²) >= 11 is 3.60. The van der Waals surface area contributed by atoms with Gasteiger partial charge in [0, 0.05) is 43.0 Å². The number of aliphatic imine (C=N–C) groups is 1. The van der Waals surface area contributed by atoms with Crippen LogP contribution in [0.25, 0.3) is 0 Å². The SMILES string of the molecule is CCc1nncn1CCNC(=NC)NCC1(c2cccc(Br)c2)CCC1. The van der Waals surface area contributed by atoms with Gasteiger partial charge in [0.2, 0.25) is 0 Å². The summed E-state index contributed by atoms with van der Waals surface area (Å²) in [5.74, 6) is 1.86. The number of nitrogens with zero attached hydrogens (tertiary/aromatic N) is 4. The molecule has 0 radical (unpaired) electrons. The second-order valence-electron chi connectivity index (χ2n) is 6.79. The molecule has 2 N–H and O–H groups in total. The van der Waals surface area contributed by atoms with Gasteiger partial charge in [-0.15, -0.1) is 10.2 Å². The molecule has 0 saturated heterocycles. The summed E-state index contributed by atoms with van der Waals surface area (Å²) in [6.07, 6.45) is 6.39. The Labute approximate surface area is 163 Å². The van der Waals surface area contributed by atoms with Crippen molar-refractivity contribution in [3.8, 4) is 0 Å². The first-order valence-corrected chi connectivity index (χ1v) is 10.0. The molecule has 0 unspecified atom stereocenters. The quantitative estimate of drug-likeness (QED) is 0.535. The number of aryl methyl sites for hydroxylation is 1. The van der Waals surface area contributed by atoms with Crippen LogP contribution in [0, 0.1) is 0 Å². The molecule has 1 aromatic heterocycles. The summed E-state index contributed by atoms with van der Waals surface area (Å²) in [4.78, 5) is 4.37. The van der Waals surface area contributed by atoms with Crippen LogP contribution >= 0.6 is 15.9 Å². The smallest absolute Gasteiger partial charge is 0.191 e. The predicted molar refractivity (Wildman–Crippen MR) is 108 cm³/mol. The molecule has 1 aromatic carbocycles. The summed E-state index contributed by atoms with van der Waals surface area (Å²) in [7, 11) is 1.82. The second-order valence-corrected chi connectivity index (χ2v) is 7.71. The number of nitrogens with one attached hydrogen (secondary N) is 2. The Hall–Kier alpha value is -1.89. The summed E-state index contributed by atoms with van der Waals surface area (Å²) in [6.45, 7) is 4.60. The van der Waals surface area contributed by atoms with Crippen LogP contribution in [0.2, 0.25) is 0 Å². The van der Waals surface area contributed by atoms with Crippen molar-refractivity contribution < 1.29 is 0 Å². The van der Waals surface area contributed by atoms with Gasteiger partial charge >= 0.3 is 0 Å². The maximum atomic E-state index is 4.37. The van der Waals surface area contributed by atoms with Crippen molar-refractivity contribution in [2.75, 3.05) is 20.1 Å². The fourth-order valence-electron chi connectivity index (χ4n) is 3.50. The molecule has 1 aliphatic rings. The third-order valence-electron chi connectivity index (χ3n) is 5.22. The van der Waals surface area contributed by atoms with Gasteiger partial charge in [-0.25, -0.2) is 0 Å². The molecular weight excluding hydrogens is 392 g/mol. The van der Waals surface area contributed by atoms with E-state index in [-0.39, 0.29) is 5.41 Å². The minimum atomic E-state index is 0.213. The first-order chi connectivity index (χ1) is 12.7. The minimum absolute atomic E-state index is 0.213. The number of aromatic nitrogens is 3. The highest BCUT2D eigenvalue weighted by atomic mass is 79.9. The fraction of sp³-hybridized carbons (Fsp3) is 0.526. The molecule has 0 atom stereocenters. The van der Waals surface area contributed by atoms with Crippen LogP contribution in [0.5, 0.6) is 0 Å². The van der Waals surface area contributed by atoms with Crippen molar-refractivity contribution in [3.63, 3.8) is 0 Å². The van der Waals surface area contributed by atoms with Gasteiger partial charge in [0.1, 0.15) is 12.2 Å². The first kappa shape index (κ1) is 18.9. The Morgan fingerprint density at radius 2 is 2.19 bits per heavy atom. The average molecular weight is 419 g/mol. The molecule has 1 saturated carbocycles. The summed E-state index contributed by atoms with van der Waals surface area (Å²) in [5, 5.41) is 15.0. The molecule has 0 amide bonds. The lowest BCUT2D eigenvalue weighted by Crippen LogP contribution is -2.49. The third kappa shape index (κ3) is 4.26. The zero-order valence-corrected chi connectivity index (χ0v) is 17.1.